The summed E-state index contributed by atoms with van der Waals surface area (Å²) in [6.45, 7) is 3.55. The Morgan fingerprint density at radius 2 is 2.06 bits per heavy atom. The van der Waals surface area contributed by atoms with Crippen LogP contribution in [0.2, 0.25) is 0 Å². The molecule has 4 nitrogen and oxygen atoms in total. The molecule has 2 bridgehead atoms. The van der Waals surface area contributed by atoms with Gasteiger partial charge in [-0.25, -0.2) is 0 Å². The second-order valence-electron chi connectivity index (χ2n) is 5.31. The van der Waals surface area contributed by atoms with E-state index in [1.165, 1.54) is 24.9 Å². The van der Waals surface area contributed by atoms with Crippen LogP contribution in [0.4, 0.5) is 0 Å². The molecule has 5 rings (SSSR count). The van der Waals surface area contributed by atoms with E-state index in [0.717, 1.165) is 18.2 Å². The SMILES string of the molecule is c1cc2c(cc1C1CC3CCN1CN3)OCCO2. The van der Waals surface area contributed by atoms with Crippen molar-refractivity contribution in [3.05, 3.63) is 23.8 Å². The molecular weight excluding hydrogens is 228 g/mol. The molecule has 0 aliphatic carbocycles. The van der Waals surface area contributed by atoms with E-state index in [1.807, 2.05) is 0 Å². The van der Waals surface area contributed by atoms with Gasteiger partial charge in [0, 0.05) is 25.3 Å². The smallest absolute Gasteiger partial charge is 0.161 e. The molecule has 3 atom stereocenters. The first kappa shape index (κ1) is 10.6. The second-order valence-corrected chi connectivity index (χ2v) is 5.31. The van der Waals surface area contributed by atoms with Gasteiger partial charge < -0.3 is 14.8 Å². The summed E-state index contributed by atoms with van der Waals surface area (Å²) in [4.78, 5) is 2.52. The number of nitrogens with one attached hydrogen (secondary N) is 1. The Bertz CT molecular complexity index is 455. The molecular formula is C14H18N2O2. The molecule has 1 aromatic carbocycles. The highest BCUT2D eigenvalue weighted by Crippen LogP contribution is 2.38. The normalized spacial score (nSPS) is 33.4. The molecule has 4 heterocycles. The lowest BCUT2D eigenvalue weighted by Crippen LogP contribution is -2.55. The minimum absolute atomic E-state index is 0.542. The van der Waals surface area contributed by atoms with Crippen molar-refractivity contribution in [2.75, 3.05) is 26.4 Å². The summed E-state index contributed by atoms with van der Waals surface area (Å²) < 4.78 is 11.3. The fraction of sp³-hybridized carbons (Fsp3) is 0.571. The van der Waals surface area contributed by atoms with Crippen LogP contribution < -0.4 is 14.8 Å². The van der Waals surface area contributed by atoms with Gasteiger partial charge in [-0.3, -0.25) is 4.90 Å². The molecule has 0 saturated carbocycles. The number of hydrogen-bond donors (Lipinski definition) is 1. The molecule has 3 fully saturated rings. The van der Waals surface area contributed by atoms with Gasteiger partial charge in [-0.15, -0.1) is 0 Å². The summed E-state index contributed by atoms with van der Waals surface area (Å²) in [5.41, 5.74) is 1.37. The maximum absolute atomic E-state index is 5.68. The standard InChI is InChI=1S/C14H18N2O2/c1-2-13-14(18-6-5-17-13)7-10(1)12-8-11-3-4-16(12)9-15-11/h1-2,7,11-12,15H,3-6,8-9H2. The van der Waals surface area contributed by atoms with Gasteiger partial charge in [0.2, 0.25) is 0 Å². The molecule has 3 unspecified atom stereocenters. The molecule has 4 aliphatic rings. The molecule has 0 aromatic heterocycles. The van der Waals surface area contributed by atoms with E-state index >= 15 is 0 Å². The summed E-state index contributed by atoms with van der Waals surface area (Å²) in [6.07, 6.45) is 2.49. The van der Waals surface area contributed by atoms with E-state index in [1.54, 1.807) is 0 Å². The van der Waals surface area contributed by atoms with Gasteiger partial charge in [0.05, 0.1) is 0 Å². The third-order valence-electron chi connectivity index (χ3n) is 4.25. The first-order valence-electron chi connectivity index (χ1n) is 6.77. The van der Waals surface area contributed by atoms with E-state index in [0.29, 0.717) is 25.3 Å². The van der Waals surface area contributed by atoms with Crippen LogP contribution in [0.25, 0.3) is 0 Å². The molecule has 0 amide bonds. The molecule has 1 N–H and O–H groups in total. The number of hydrogen-bond acceptors (Lipinski definition) is 4. The Hall–Kier alpha value is -1.26. The molecule has 18 heavy (non-hydrogen) atoms. The summed E-state index contributed by atoms with van der Waals surface area (Å²) in [6, 6.07) is 7.65. The van der Waals surface area contributed by atoms with Crippen molar-refractivity contribution >= 4 is 0 Å². The maximum atomic E-state index is 5.68. The molecule has 3 saturated heterocycles. The van der Waals surface area contributed by atoms with E-state index in [-0.39, 0.29) is 0 Å². The van der Waals surface area contributed by atoms with Crippen LogP contribution in [0.1, 0.15) is 24.4 Å². The van der Waals surface area contributed by atoms with Crippen LogP contribution in [0.5, 0.6) is 11.5 Å². The number of piperidine rings is 1. The van der Waals surface area contributed by atoms with Gasteiger partial charge in [-0.2, -0.15) is 0 Å². The highest BCUT2D eigenvalue weighted by Gasteiger charge is 2.34. The van der Waals surface area contributed by atoms with Crippen molar-refractivity contribution in [1.82, 2.24) is 10.2 Å². The van der Waals surface area contributed by atoms with Gasteiger partial charge in [-0.05, 0) is 30.5 Å². The molecule has 4 heteroatoms. The molecule has 96 valence electrons. The zero-order valence-corrected chi connectivity index (χ0v) is 10.4. The predicted molar refractivity (Wildman–Crippen MR) is 67.9 cm³/mol. The van der Waals surface area contributed by atoms with Crippen LogP contribution in [-0.4, -0.2) is 37.4 Å². The van der Waals surface area contributed by atoms with Gasteiger partial charge >= 0.3 is 0 Å². The minimum Gasteiger partial charge on any atom is -0.486 e. The van der Waals surface area contributed by atoms with Gasteiger partial charge in [0.1, 0.15) is 13.2 Å². The van der Waals surface area contributed by atoms with Gasteiger partial charge in [0.25, 0.3) is 0 Å². The topological polar surface area (TPSA) is 33.7 Å². The zero-order chi connectivity index (χ0) is 11.9. The molecule has 0 spiro atoms. The highest BCUT2D eigenvalue weighted by atomic mass is 16.6. The zero-order valence-electron chi connectivity index (χ0n) is 10.4. The van der Waals surface area contributed by atoms with Crippen molar-refractivity contribution < 1.29 is 9.47 Å². The van der Waals surface area contributed by atoms with E-state index in [2.05, 4.69) is 28.4 Å². The lowest BCUT2D eigenvalue weighted by atomic mass is 9.90. The van der Waals surface area contributed by atoms with Gasteiger partial charge in [-0.1, -0.05) is 6.07 Å². The molecule has 0 radical (unpaired) electrons. The third kappa shape index (κ3) is 1.68. The van der Waals surface area contributed by atoms with Crippen molar-refractivity contribution in [1.29, 1.82) is 0 Å². The highest BCUT2D eigenvalue weighted by molar-refractivity contribution is 5.44. The summed E-state index contributed by atoms with van der Waals surface area (Å²) in [5, 5.41) is 3.55. The number of nitrogens with zero attached hydrogens (tertiary/aromatic N) is 1. The van der Waals surface area contributed by atoms with Crippen LogP contribution >= 0.6 is 0 Å². The summed E-state index contributed by atoms with van der Waals surface area (Å²) in [7, 11) is 0. The Labute approximate surface area is 107 Å². The fourth-order valence-corrected chi connectivity index (χ4v) is 3.25. The lowest BCUT2D eigenvalue weighted by Gasteiger charge is -2.46. The molecule has 4 aliphatic heterocycles. The Morgan fingerprint density at radius 1 is 1.17 bits per heavy atom. The quantitative estimate of drug-likeness (QED) is 0.814. The fourth-order valence-electron chi connectivity index (χ4n) is 3.25. The van der Waals surface area contributed by atoms with E-state index in [9.17, 15) is 0 Å². The maximum Gasteiger partial charge on any atom is 0.161 e. The van der Waals surface area contributed by atoms with Crippen molar-refractivity contribution in [3.8, 4) is 11.5 Å². The molecule has 1 aromatic rings. The lowest BCUT2D eigenvalue weighted by molar-refractivity contribution is 0.0548. The average molecular weight is 246 g/mol. The number of ether oxygens (including phenoxy) is 2. The number of fused-ring (bicyclic) bond motifs is 4. The first-order chi connectivity index (χ1) is 8.90. The van der Waals surface area contributed by atoms with Crippen LogP contribution in [-0.2, 0) is 0 Å². The minimum atomic E-state index is 0.542. The Kier molecular flexibility index (Phi) is 2.45. The van der Waals surface area contributed by atoms with Gasteiger partial charge in [0.15, 0.2) is 11.5 Å². The monoisotopic (exact) mass is 246 g/mol. The van der Waals surface area contributed by atoms with Crippen LogP contribution in [0.3, 0.4) is 0 Å². The average Bonchev–Trinajstić information content (AvgIpc) is 2.48. The first-order valence-corrected chi connectivity index (χ1v) is 6.77. The summed E-state index contributed by atoms with van der Waals surface area (Å²) in [5.74, 6) is 1.80. The largest absolute Gasteiger partial charge is 0.486 e. The van der Waals surface area contributed by atoms with Crippen LogP contribution in [0, 0.1) is 0 Å². The third-order valence-corrected chi connectivity index (χ3v) is 4.25. The number of rotatable bonds is 1. The Balaban J connectivity index is 1.64. The van der Waals surface area contributed by atoms with Crippen molar-refractivity contribution in [2.45, 2.75) is 24.9 Å². The van der Waals surface area contributed by atoms with E-state index < -0.39 is 0 Å². The van der Waals surface area contributed by atoms with Crippen molar-refractivity contribution in [3.63, 3.8) is 0 Å². The summed E-state index contributed by atoms with van der Waals surface area (Å²) >= 11 is 0. The van der Waals surface area contributed by atoms with Crippen LogP contribution in [0.15, 0.2) is 18.2 Å². The number of benzene rings is 1. The van der Waals surface area contributed by atoms with Crippen molar-refractivity contribution in [2.24, 2.45) is 0 Å². The second kappa shape index (κ2) is 4.14. The Morgan fingerprint density at radius 3 is 2.78 bits per heavy atom. The van der Waals surface area contributed by atoms with E-state index in [4.69, 9.17) is 9.47 Å². The predicted octanol–water partition coefficient (Wildman–Crippen LogP) is 1.52.